The molecule has 0 saturated carbocycles. The lowest BCUT2D eigenvalue weighted by atomic mass is 10.1. The maximum absolute atomic E-state index is 9.12. The zero-order valence-corrected chi connectivity index (χ0v) is 11.9. The number of nitrogens with one attached hydrogen (secondary N) is 1. The number of nitrogens with zero attached hydrogens (tertiary/aromatic N) is 7. The third kappa shape index (κ3) is 2.74. The number of hydrogen-bond donors (Lipinski definition) is 1. The van der Waals surface area contributed by atoms with E-state index in [0.29, 0.717) is 11.4 Å². The van der Waals surface area contributed by atoms with Crippen molar-refractivity contribution in [1.29, 1.82) is 15.8 Å². The second kappa shape index (κ2) is 6.17. The Hall–Kier alpha value is -3.70. The fraction of sp³-hybridized carbons (Fsp3) is 0.143. The molecule has 0 saturated heterocycles. The van der Waals surface area contributed by atoms with E-state index in [1.165, 1.54) is 11.0 Å². The first-order chi connectivity index (χ1) is 10.6. The number of rotatable bonds is 3. The molecule has 2 aromatic rings. The number of nitriles is 3. The molecule has 1 heterocycles. The minimum Gasteiger partial charge on any atom is -0.345 e. The summed E-state index contributed by atoms with van der Waals surface area (Å²) in [5, 5.41) is 40.7. The first kappa shape index (κ1) is 14.7. The zero-order valence-electron chi connectivity index (χ0n) is 11.9. The molecule has 0 radical (unpaired) electrons. The summed E-state index contributed by atoms with van der Waals surface area (Å²) in [5.41, 5.74) is 2.77. The van der Waals surface area contributed by atoms with Gasteiger partial charge < -0.3 is 5.32 Å². The topological polar surface area (TPSA) is 127 Å². The van der Waals surface area contributed by atoms with Gasteiger partial charge in [0.15, 0.2) is 5.57 Å². The Morgan fingerprint density at radius 2 is 1.86 bits per heavy atom. The molecule has 22 heavy (non-hydrogen) atoms. The Morgan fingerprint density at radius 1 is 1.14 bits per heavy atom. The monoisotopic (exact) mass is 290 g/mol. The van der Waals surface area contributed by atoms with Crippen molar-refractivity contribution in [3.63, 3.8) is 0 Å². The van der Waals surface area contributed by atoms with E-state index in [2.05, 4.69) is 20.8 Å². The summed E-state index contributed by atoms with van der Waals surface area (Å²) in [6.45, 7) is 3.77. The summed E-state index contributed by atoms with van der Waals surface area (Å²) in [6, 6.07) is 8.85. The van der Waals surface area contributed by atoms with Crippen LogP contribution in [0.15, 0.2) is 29.7 Å². The number of aryl methyl sites for hydroxylation is 1. The second-order valence-electron chi connectivity index (χ2n) is 4.40. The second-order valence-corrected chi connectivity index (χ2v) is 4.40. The van der Waals surface area contributed by atoms with E-state index in [4.69, 9.17) is 15.8 Å². The maximum Gasteiger partial charge on any atom is 0.163 e. The van der Waals surface area contributed by atoms with Crippen LogP contribution in [0.2, 0.25) is 0 Å². The van der Waals surface area contributed by atoms with Crippen LogP contribution >= 0.6 is 0 Å². The number of aromatic nitrogens is 4. The predicted molar refractivity (Wildman–Crippen MR) is 76.1 cm³/mol. The van der Waals surface area contributed by atoms with Crippen LogP contribution in [0, 0.1) is 47.8 Å². The molecular formula is C14H10N8. The van der Waals surface area contributed by atoms with Crippen LogP contribution in [-0.2, 0) is 0 Å². The average molecular weight is 290 g/mol. The van der Waals surface area contributed by atoms with Gasteiger partial charge in [-0.1, -0.05) is 0 Å². The third-order valence-electron chi connectivity index (χ3n) is 3.11. The fourth-order valence-electron chi connectivity index (χ4n) is 1.80. The molecule has 0 aliphatic rings. The summed E-state index contributed by atoms with van der Waals surface area (Å²) < 4.78 is 1.48. The summed E-state index contributed by atoms with van der Waals surface area (Å²) in [5.74, 6) is 0. The highest BCUT2D eigenvalue weighted by molar-refractivity contribution is 5.65. The molecule has 8 nitrogen and oxygen atoms in total. The van der Waals surface area contributed by atoms with E-state index in [9.17, 15) is 0 Å². The lowest BCUT2D eigenvalue weighted by Crippen LogP contribution is -2.05. The van der Waals surface area contributed by atoms with E-state index in [0.717, 1.165) is 11.1 Å². The van der Waals surface area contributed by atoms with Gasteiger partial charge >= 0.3 is 0 Å². The molecule has 0 spiro atoms. The average Bonchev–Trinajstić information content (AvgIpc) is 3.05. The molecule has 0 aliphatic carbocycles. The third-order valence-corrected chi connectivity index (χ3v) is 3.11. The quantitative estimate of drug-likeness (QED) is 0.848. The Labute approximate surface area is 126 Å². The Morgan fingerprint density at radius 3 is 2.41 bits per heavy atom. The van der Waals surface area contributed by atoms with Crippen LogP contribution in [-0.4, -0.2) is 20.2 Å². The number of tetrazole rings is 1. The van der Waals surface area contributed by atoms with Crippen molar-refractivity contribution >= 4 is 5.69 Å². The van der Waals surface area contributed by atoms with Crippen LogP contribution in [0.1, 0.15) is 11.1 Å². The van der Waals surface area contributed by atoms with Crippen molar-refractivity contribution in [3.05, 3.63) is 40.9 Å². The number of hydrogen-bond acceptors (Lipinski definition) is 7. The van der Waals surface area contributed by atoms with Gasteiger partial charge in [-0.25, -0.2) is 4.68 Å². The largest absolute Gasteiger partial charge is 0.345 e. The van der Waals surface area contributed by atoms with Gasteiger partial charge in [-0.2, -0.15) is 15.8 Å². The van der Waals surface area contributed by atoms with Gasteiger partial charge in [-0.3, -0.25) is 0 Å². The minimum absolute atomic E-state index is 0.0960. The molecule has 0 bridgehead atoms. The van der Waals surface area contributed by atoms with Gasteiger partial charge in [0.25, 0.3) is 0 Å². The van der Waals surface area contributed by atoms with E-state index < -0.39 is 0 Å². The van der Waals surface area contributed by atoms with Crippen LogP contribution in [0.3, 0.4) is 0 Å². The summed E-state index contributed by atoms with van der Waals surface area (Å²) in [4.78, 5) is 0. The molecule has 106 valence electrons. The first-order valence-electron chi connectivity index (χ1n) is 6.17. The molecule has 0 aliphatic heterocycles. The molecule has 1 aromatic heterocycles. The predicted octanol–water partition coefficient (Wildman–Crippen LogP) is 1.52. The number of benzene rings is 1. The highest BCUT2D eigenvalue weighted by atomic mass is 15.5. The van der Waals surface area contributed by atoms with Crippen LogP contribution in [0.5, 0.6) is 0 Å². The maximum atomic E-state index is 9.12. The van der Waals surface area contributed by atoms with Crippen LogP contribution < -0.4 is 5.32 Å². The molecule has 1 N–H and O–H groups in total. The lowest BCUT2D eigenvalue weighted by Gasteiger charge is -2.13. The fourth-order valence-corrected chi connectivity index (χ4v) is 1.80. The van der Waals surface area contributed by atoms with Crippen molar-refractivity contribution in [2.75, 3.05) is 5.32 Å². The highest BCUT2D eigenvalue weighted by Gasteiger charge is 2.11. The Kier molecular flexibility index (Phi) is 4.12. The molecule has 0 amide bonds. The van der Waals surface area contributed by atoms with E-state index in [1.807, 2.05) is 26.0 Å². The van der Waals surface area contributed by atoms with Gasteiger partial charge in [-0.15, -0.1) is 5.10 Å². The molecule has 2 rings (SSSR count). The molecule has 0 unspecified atom stereocenters. The smallest absolute Gasteiger partial charge is 0.163 e. The number of allylic oxidation sites excluding steroid dienone is 2. The summed E-state index contributed by atoms with van der Waals surface area (Å²) in [6.07, 6.45) is 1.45. The lowest BCUT2D eigenvalue weighted by molar-refractivity contribution is 0.788. The van der Waals surface area contributed by atoms with Crippen LogP contribution in [0.25, 0.3) is 5.69 Å². The van der Waals surface area contributed by atoms with Gasteiger partial charge in [0.05, 0.1) is 5.69 Å². The van der Waals surface area contributed by atoms with Gasteiger partial charge in [-0.05, 0) is 47.5 Å². The Bertz CT molecular complexity index is 840. The molecule has 1 aromatic carbocycles. The molecule has 0 atom stereocenters. The van der Waals surface area contributed by atoms with Gasteiger partial charge in [0.2, 0.25) is 0 Å². The van der Waals surface area contributed by atoms with Crippen molar-refractivity contribution in [2.45, 2.75) is 13.8 Å². The zero-order chi connectivity index (χ0) is 16.1. The number of anilines is 1. The standard InChI is InChI=1S/C14H10N8/c1-9-3-12(22-8-18-20-21-22)4-13(10(9)2)19-14(7-17)11(5-15)6-16/h3-4,8,19H,1-2H3. The van der Waals surface area contributed by atoms with Crippen molar-refractivity contribution in [3.8, 4) is 23.9 Å². The minimum atomic E-state index is -0.271. The van der Waals surface area contributed by atoms with Crippen molar-refractivity contribution < 1.29 is 0 Å². The van der Waals surface area contributed by atoms with Gasteiger partial charge in [0.1, 0.15) is 30.2 Å². The first-order valence-corrected chi connectivity index (χ1v) is 6.17. The van der Waals surface area contributed by atoms with Crippen LogP contribution in [0.4, 0.5) is 5.69 Å². The van der Waals surface area contributed by atoms with Gasteiger partial charge in [0, 0.05) is 5.69 Å². The van der Waals surface area contributed by atoms with E-state index >= 15 is 0 Å². The van der Waals surface area contributed by atoms with E-state index in [-0.39, 0.29) is 11.3 Å². The van der Waals surface area contributed by atoms with E-state index in [1.54, 1.807) is 18.2 Å². The Balaban J connectivity index is 2.53. The molecular weight excluding hydrogens is 280 g/mol. The van der Waals surface area contributed by atoms with Crippen molar-refractivity contribution in [2.24, 2.45) is 0 Å². The highest BCUT2D eigenvalue weighted by Crippen LogP contribution is 2.24. The summed E-state index contributed by atoms with van der Waals surface area (Å²) in [7, 11) is 0. The molecule has 0 fully saturated rings. The van der Waals surface area contributed by atoms with Crippen molar-refractivity contribution in [1.82, 2.24) is 20.2 Å². The summed E-state index contributed by atoms with van der Waals surface area (Å²) >= 11 is 0. The SMILES string of the molecule is Cc1cc(-n2cnnn2)cc(NC(C#N)=C(C#N)C#N)c1C. The normalized spacial score (nSPS) is 9.23. The molecule has 8 heteroatoms.